The van der Waals surface area contributed by atoms with E-state index in [-0.39, 0.29) is 10.8 Å². The Hall–Kier alpha value is -1.74. The van der Waals surface area contributed by atoms with E-state index in [1.807, 2.05) is 22.6 Å². The minimum absolute atomic E-state index is 0.0178. The van der Waals surface area contributed by atoms with E-state index in [4.69, 9.17) is 16.6 Å². The number of hydrogen-bond donors (Lipinski definition) is 2. The molecule has 21 heavy (non-hydrogen) atoms. The molecule has 0 aliphatic heterocycles. The van der Waals surface area contributed by atoms with Gasteiger partial charge in [0.15, 0.2) is 5.11 Å². The molecule has 0 bridgehead atoms. The molecule has 2 N–H and O–H groups in total. The standard InChI is InChI=1S/C14H10FIN2O2S/c15-11-8-9(16)3-5-12(11)17-14(21)18-13(19)6-4-10-2-1-7-20-10/h1-8H,(H2,17,18,19,21)/b6-4+. The molecule has 0 aliphatic carbocycles. The van der Waals surface area contributed by atoms with E-state index in [9.17, 15) is 9.18 Å². The zero-order valence-electron chi connectivity index (χ0n) is 10.6. The maximum atomic E-state index is 13.6. The van der Waals surface area contributed by atoms with Crippen LogP contribution in [-0.4, -0.2) is 11.0 Å². The topological polar surface area (TPSA) is 54.3 Å². The van der Waals surface area contributed by atoms with Gasteiger partial charge in [-0.1, -0.05) is 0 Å². The van der Waals surface area contributed by atoms with Crippen molar-refractivity contribution < 1.29 is 13.6 Å². The lowest BCUT2D eigenvalue weighted by Crippen LogP contribution is -2.33. The van der Waals surface area contributed by atoms with Crippen LogP contribution in [0, 0.1) is 9.39 Å². The first kappa shape index (κ1) is 15.6. The predicted octanol–water partition coefficient (Wildman–Crippen LogP) is 3.55. The molecule has 0 unspecified atom stereocenters. The van der Waals surface area contributed by atoms with Crippen LogP contribution in [0.5, 0.6) is 0 Å². The Morgan fingerprint density at radius 2 is 2.19 bits per heavy atom. The number of hydrogen-bond acceptors (Lipinski definition) is 3. The number of anilines is 1. The smallest absolute Gasteiger partial charge is 0.250 e. The van der Waals surface area contributed by atoms with E-state index < -0.39 is 11.7 Å². The number of furan rings is 1. The van der Waals surface area contributed by atoms with Crippen LogP contribution in [0.4, 0.5) is 10.1 Å². The Kier molecular flexibility index (Phi) is 5.45. The Balaban J connectivity index is 1.90. The van der Waals surface area contributed by atoms with Gasteiger partial charge in [0.25, 0.3) is 0 Å². The first-order valence-corrected chi connectivity index (χ1v) is 7.32. The number of benzene rings is 1. The van der Waals surface area contributed by atoms with Crippen LogP contribution in [-0.2, 0) is 4.79 Å². The molecular formula is C14H10FIN2O2S. The molecule has 0 aliphatic rings. The van der Waals surface area contributed by atoms with Crippen molar-refractivity contribution in [3.63, 3.8) is 0 Å². The summed E-state index contributed by atoms with van der Waals surface area (Å²) in [5, 5.41) is 5.06. The lowest BCUT2D eigenvalue weighted by molar-refractivity contribution is -0.115. The number of amides is 1. The molecule has 0 radical (unpaired) electrons. The minimum atomic E-state index is -0.440. The van der Waals surface area contributed by atoms with Gasteiger partial charge in [0, 0.05) is 9.65 Å². The van der Waals surface area contributed by atoms with E-state index in [0.717, 1.165) is 3.57 Å². The molecular weight excluding hydrogens is 406 g/mol. The lowest BCUT2D eigenvalue weighted by Gasteiger charge is -2.09. The van der Waals surface area contributed by atoms with Gasteiger partial charge in [0.05, 0.1) is 12.0 Å². The summed E-state index contributed by atoms with van der Waals surface area (Å²) < 4.78 is 19.4. The zero-order chi connectivity index (χ0) is 15.2. The van der Waals surface area contributed by atoms with Crippen LogP contribution in [0.25, 0.3) is 6.08 Å². The fraction of sp³-hybridized carbons (Fsp3) is 0. The van der Waals surface area contributed by atoms with Crippen molar-refractivity contribution in [2.75, 3.05) is 5.32 Å². The molecule has 0 atom stereocenters. The van der Waals surface area contributed by atoms with Crippen molar-refractivity contribution in [2.24, 2.45) is 0 Å². The van der Waals surface area contributed by atoms with Gasteiger partial charge >= 0.3 is 0 Å². The predicted molar refractivity (Wildman–Crippen MR) is 91.2 cm³/mol. The van der Waals surface area contributed by atoms with Crippen LogP contribution in [0.15, 0.2) is 47.1 Å². The highest BCUT2D eigenvalue weighted by Gasteiger charge is 2.06. The molecule has 1 aromatic heterocycles. The maximum absolute atomic E-state index is 13.6. The summed E-state index contributed by atoms with van der Waals surface area (Å²) in [7, 11) is 0. The minimum Gasteiger partial charge on any atom is -0.465 e. The summed E-state index contributed by atoms with van der Waals surface area (Å²) >= 11 is 6.95. The Morgan fingerprint density at radius 3 is 2.86 bits per heavy atom. The quantitative estimate of drug-likeness (QED) is 0.457. The number of carbonyl (C=O) groups is 1. The van der Waals surface area contributed by atoms with E-state index in [1.165, 1.54) is 24.5 Å². The third-order valence-electron chi connectivity index (χ3n) is 2.36. The Bertz CT molecular complexity index is 686. The molecule has 7 heteroatoms. The maximum Gasteiger partial charge on any atom is 0.250 e. The molecule has 0 saturated heterocycles. The van der Waals surface area contributed by atoms with Crippen molar-refractivity contribution in [3.05, 3.63) is 57.8 Å². The van der Waals surface area contributed by atoms with Crippen LogP contribution in [0.3, 0.4) is 0 Å². The molecule has 0 fully saturated rings. The number of thiocarbonyl (C=S) groups is 1. The second kappa shape index (κ2) is 7.32. The fourth-order valence-corrected chi connectivity index (χ4v) is 2.11. The average molecular weight is 416 g/mol. The summed E-state index contributed by atoms with van der Waals surface area (Å²) in [6.45, 7) is 0. The fourth-order valence-electron chi connectivity index (χ4n) is 1.44. The zero-order valence-corrected chi connectivity index (χ0v) is 13.6. The highest BCUT2D eigenvalue weighted by molar-refractivity contribution is 14.1. The van der Waals surface area contributed by atoms with Crippen LogP contribution >= 0.6 is 34.8 Å². The Labute approximate surface area is 139 Å². The van der Waals surface area contributed by atoms with Crippen molar-refractivity contribution in [1.82, 2.24) is 5.32 Å². The monoisotopic (exact) mass is 416 g/mol. The van der Waals surface area contributed by atoms with Crippen LogP contribution in [0.2, 0.25) is 0 Å². The second-order valence-electron chi connectivity index (χ2n) is 3.92. The molecule has 4 nitrogen and oxygen atoms in total. The van der Waals surface area contributed by atoms with E-state index in [1.54, 1.807) is 24.3 Å². The summed E-state index contributed by atoms with van der Waals surface area (Å²) in [5.74, 6) is -0.327. The van der Waals surface area contributed by atoms with Gasteiger partial charge in [0.2, 0.25) is 5.91 Å². The number of halogens is 2. The Morgan fingerprint density at radius 1 is 1.38 bits per heavy atom. The highest BCUT2D eigenvalue weighted by Crippen LogP contribution is 2.16. The van der Waals surface area contributed by atoms with Crippen molar-refractivity contribution >= 4 is 57.6 Å². The van der Waals surface area contributed by atoms with Gasteiger partial charge < -0.3 is 9.73 Å². The third-order valence-corrected chi connectivity index (χ3v) is 3.23. The molecule has 108 valence electrons. The van der Waals surface area contributed by atoms with Crippen molar-refractivity contribution in [2.45, 2.75) is 0 Å². The van der Waals surface area contributed by atoms with Crippen molar-refractivity contribution in [1.29, 1.82) is 0 Å². The van der Waals surface area contributed by atoms with Gasteiger partial charge in [-0.15, -0.1) is 0 Å². The highest BCUT2D eigenvalue weighted by atomic mass is 127. The molecule has 0 spiro atoms. The van der Waals surface area contributed by atoms with E-state index in [0.29, 0.717) is 5.76 Å². The number of nitrogens with one attached hydrogen (secondary N) is 2. The number of rotatable bonds is 3. The lowest BCUT2D eigenvalue weighted by atomic mass is 10.3. The SMILES string of the molecule is O=C(/C=C/c1ccco1)NC(=S)Nc1ccc(I)cc1F. The normalized spacial score (nSPS) is 10.6. The van der Waals surface area contributed by atoms with Crippen molar-refractivity contribution in [3.8, 4) is 0 Å². The third kappa shape index (κ3) is 4.94. The van der Waals surface area contributed by atoms with Gasteiger partial charge in [0.1, 0.15) is 11.6 Å². The molecule has 2 aromatic rings. The van der Waals surface area contributed by atoms with E-state index in [2.05, 4.69) is 10.6 Å². The summed E-state index contributed by atoms with van der Waals surface area (Å²) in [5.41, 5.74) is 0.204. The summed E-state index contributed by atoms with van der Waals surface area (Å²) in [4.78, 5) is 11.6. The molecule has 0 saturated carbocycles. The molecule has 1 heterocycles. The molecule has 2 rings (SSSR count). The second-order valence-corrected chi connectivity index (χ2v) is 5.57. The average Bonchev–Trinajstić information content (AvgIpc) is 2.93. The largest absolute Gasteiger partial charge is 0.465 e. The summed E-state index contributed by atoms with van der Waals surface area (Å²) in [6, 6.07) is 8.07. The van der Waals surface area contributed by atoms with Gasteiger partial charge in [-0.2, -0.15) is 0 Å². The molecule has 1 aromatic carbocycles. The van der Waals surface area contributed by atoms with Gasteiger partial charge in [-0.3, -0.25) is 10.1 Å². The van der Waals surface area contributed by atoms with Crippen LogP contribution in [0.1, 0.15) is 5.76 Å². The molecule has 1 amide bonds. The van der Waals surface area contributed by atoms with Crippen LogP contribution < -0.4 is 10.6 Å². The van der Waals surface area contributed by atoms with E-state index >= 15 is 0 Å². The number of carbonyl (C=O) groups excluding carboxylic acids is 1. The summed E-state index contributed by atoms with van der Waals surface area (Å²) in [6.07, 6.45) is 4.28. The first-order valence-electron chi connectivity index (χ1n) is 5.83. The van der Waals surface area contributed by atoms with Gasteiger partial charge in [-0.05, 0) is 71.2 Å². The first-order chi connectivity index (χ1) is 10.0. The van der Waals surface area contributed by atoms with Gasteiger partial charge in [-0.25, -0.2) is 4.39 Å².